The Labute approximate surface area is 59.4 Å². The fraction of sp³-hybridized carbons (Fsp3) is 0.500. The van der Waals surface area contributed by atoms with E-state index in [2.05, 4.69) is 9.97 Å². The Bertz CT molecular complexity index is 197. The average Bonchev–Trinajstić information content (AvgIpc) is 2.37. The monoisotopic (exact) mass is 141 g/mol. The number of aromatic nitrogens is 2. The van der Waals surface area contributed by atoms with E-state index in [9.17, 15) is 0 Å². The average molecular weight is 141 g/mol. The highest BCUT2D eigenvalue weighted by Gasteiger charge is 1.96. The number of rotatable bonds is 3. The van der Waals surface area contributed by atoms with E-state index >= 15 is 0 Å². The number of H-pyrrole nitrogens is 1. The summed E-state index contributed by atoms with van der Waals surface area (Å²) in [7, 11) is 1.57. The second-order valence-electron chi connectivity index (χ2n) is 1.96. The molecule has 0 saturated carbocycles. The second kappa shape index (κ2) is 3.22. The molecule has 0 spiro atoms. The molecule has 1 aromatic rings. The maximum absolute atomic E-state index is 5.32. The number of nitrogens with two attached hydrogens (primary N) is 1. The highest BCUT2D eigenvalue weighted by atomic mass is 16.5. The molecule has 4 heteroatoms. The standard InChI is InChI=1S/C6H11N3O/c1-10-6-8-4-5(9-6)2-3-7/h4H,2-3,7H2,1H3,(H,8,9). The van der Waals surface area contributed by atoms with Gasteiger partial charge in [-0.3, -0.25) is 0 Å². The number of imidazole rings is 1. The van der Waals surface area contributed by atoms with Crippen LogP contribution >= 0.6 is 0 Å². The summed E-state index contributed by atoms with van der Waals surface area (Å²) in [5, 5.41) is 0. The van der Waals surface area contributed by atoms with E-state index in [0.717, 1.165) is 12.1 Å². The minimum atomic E-state index is 0.545. The van der Waals surface area contributed by atoms with E-state index in [1.165, 1.54) is 0 Å². The molecule has 0 fully saturated rings. The summed E-state index contributed by atoms with van der Waals surface area (Å²) < 4.78 is 4.83. The Morgan fingerprint density at radius 3 is 3.10 bits per heavy atom. The normalized spacial score (nSPS) is 9.80. The highest BCUT2D eigenvalue weighted by Crippen LogP contribution is 2.02. The van der Waals surface area contributed by atoms with Crippen molar-refractivity contribution in [3.8, 4) is 6.01 Å². The lowest BCUT2D eigenvalue weighted by molar-refractivity contribution is 0.383. The summed E-state index contributed by atoms with van der Waals surface area (Å²) >= 11 is 0. The molecule has 0 atom stereocenters. The molecule has 0 radical (unpaired) electrons. The van der Waals surface area contributed by atoms with Crippen LogP contribution in [-0.4, -0.2) is 23.6 Å². The van der Waals surface area contributed by atoms with E-state index in [1.807, 2.05) is 0 Å². The first-order chi connectivity index (χ1) is 4.86. The van der Waals surface area contributed by atoms with Gasteiger partial charge in [0.15, 0.2) is 0 Å². The van der Waals surface area contributed by atoms with Gasteiger partial charge in [-0.1, -0.05) is 0 Å². The van der Waals surface area contributed by atoms with Crippen LogP contribution in [0.5, 0.6) is 6.01 Å². The Hall–Kier alpha value is -1.03. The van der Waals surface area contributed by atoms with Crippen LogP contribution in [0.1, 0.15) is 5.69 Å². The van der Waals surface area contributed by atoms with E-state index in [4.69, 9.17) is 10.5 Å². The van der Waals surface area contributed by atoms with Crippen molar-refractivity contribution >= 4 is 0 Å². The lowest BCUT2D eigenvalue weighted by atomic mass is 10.3. The first-order valence-electron chi connectivity index (χ1n) is 3.14. The van der Waals surface area contributed by atoms with Crippen LogP contribution in [0.2, 0.25) is 0 Å². The van der Waals surface area contributed by atoms with Crippen molar-refractivity contribution < 1.29 is 4.74 Å². The van der Waals surface area contributed by atoms with E-state index in [-0.39, 0.29) is 0 Å². The van der Waals surface area contributed by atoms with Gasteiger partial charge in [-0.05, 0) is 6.54 Å². The fourth-order valence-corrected chi connectivity index (χ4v) is 0.725. The molecular formula is C6H11N3O. The molecule has 0 bridgehead atoms. The smallest absolute Gasteiger partial charge is 0.293 e. The molecule has 0 amide bonds. The fourth-order valence-electron chi connectivity index (χ4n) is 0.725. The van der Waals surface area contributed by atoms with Crippen LogP contribution in [0.3, 0.4) is 0 Å². The van der Waals surface area contributed by atoms with E-state index in [1.54, 1.807) is 13.3 Å². The maximum atomic E-state index is 5.32. The minimum absolute atomic E-state index is 0.545. The van der Waals surface area contributed by atoms with Crippen molar-refractivity contribution in [3.63, 3.8) is 0 Å². The summed E-state index contributed by atoms with van der Waals surface area (Å²) in [5.41, 5.74) is 6.34. The van der Waals surface area contributed by atoms with Gasteiger partial charge < -0.3 is 15.5 Å². The van der Waals surface area contributed by atoms with Gasteiger partial charge in [-0.25, -0.2) is 4.98 Å². The largest absolute Gasteiger partial charge is 0.468 e. The van der Waals surface area contributed by atoms with Crippen molar-refractivity contribution in [3.05, 3.63) is 11.9 Å². The number of nitrogens with zero attached hydrogens (tertiary/aromatic N) is 1. The van der Waals surface area contributed by atoms with Gasteiger partial charge in [0.05, 0.1) is 13.3 Å². The quantitative estimate of drug-likeness (QED) is 0.618. The van der Waals surface area contributed by atoms with Gasteiger partial charge in [-0.2, -0.15) is 0 Å². The van der Waals surface area contributed by atoms with Crippen molar-refractivity contribution in [2.24, 2.45) is 5.73 Å². The van der Waals surface area contributed by atoms with Gasteiger partial charge in [0.2, 0.25) is 0 Å². The van der Waals surface area contributed by atoms with Crippen LogP contribution in [-0.2, 0) is 6.42 Å². The van der Waals surface area contributed by atoms with Gasteiger partial charge in [-0.15, -0.1) is 0 Å². The van der Waals surface area contributed by atoms with Crippen LogP contribution < -0.4 is 10.5 Å². The third-order valence-corrected chi connectivity index (χ3v) is 1.21. The summed E-state index contributed by atoms with van der Waals surface area (Å²) in [6, 6.07) is 0.545. The summed E-state index contributed by atoms with van der Waals surface area (Å²) in [6.45, 7) is 0.630. The summed E-state index contributed by atoms with van der Waals surface area (Å²) in [4.78, 5) is 6.87. The number of nitrogens with one attached hydrogen (secondary N) is 1. The van der Waals surface area contributed by atoms with Crippen LogP contribution in [0, 0.1) is 0 Å². The first kappa shape index (κ1) is 7.08. The molecule has 0 saturated heterocycles. The third kappa shape index (κ3) is 1.48. The molecule has 1 heterocycles. The lowest BCUT2D eigenvalue weighted by Crippen LogP contribution is -2.02. The molecule has 3 N–H and O–H groups in total. The molecular weight excluding hydrogens is 130 g/mol. The zero-order chi connectivity index (χ0) is 7.40. The molecule has 56 valence electrons. The van der Waals surface area contributed by atoms with E-state index < -0.39 is 0 Å². The molecule has 1 rings (SSSR count). The highest BCUT2D eigenvalue weighted by molar-refractivity contribution is 5.04. The van der Waals surface area contributed by atoms with Crippen LogP contribution in [0.25, 0.3) is 0 Å². The molecule has 0 aliphatic carbocycles. The van der Waals surface area contributed by atoms with Crippen molar-refractivity contribution in [2.45, 2.75) is 6.42 Å². The predicted octanol–water partition coefficient (Wildman–Crippen LogP) is -0.0805. The second-order valence-corrected chi connectivity index (χ2v) is 1.96. The maximum Gasteiger partial charge on any atom is 0.293 e. The Kier molecular flexibility index (Phi) is 2.28. The molecule has 0 unspecified atom stereocenters. The van der Waals surface area contributed by atoms with Crippen molar-refractivity contribution in [1.29, 1.82) is 0 Å². The van der Waals surface area contributed by atoms with Gasteiger partial charge in [0, 0.05) is 12.1 Å². The number of aromatic amines is 1. The first-order valence-corrected chi connectivity index (χ1v) is 3.14. The zero-order valence-electron chi connectivity index (χ0n) is 5.92. The lowest BCUT2D eigenvalue weighted by Gasteiger charge is -1.90. The minimum Gasteiger partial charge on any atom is -0.468 e. The van der Waals surface area contributed by atoms with Crippen molar-refractivity contribution in [1.82, 2.24) is 9.97 Å². The summed E-state index contributed by atoms with van der Waals surface area (Å²) in [5.74, 6) is 0. The number of hydrogen-bond acceptors (Lipinski definition) is 3. The van der Waals surface area contributed by atoms with E-state index in [0.29, 0.717) is 12.6 Å². The Morgan fingerprint density at radius 1 is 1.80 bits per heavy atom. The molecule has 4 nitrogen and oxygen atoms in total. The van der Waals surface area contributed by atoms with Gasteiger partial charge in [0.1, 0.15) is 0 Å². The molecule has 0 aromatic carbocycles. The topological polar surface area (TPSA) is 63.9 Å². The predicted molar refractivity (Wildman–Crippen MR) is 37.9 cm³/mol. The number of methoxy groups -OCH3 is 1. The molecule has 10 heavy (non-hydrogen) atoms. The number of ether oxygens (including phenoxy) is 1. The van der Waals surface area contributed by atoms with Crippen LogP contribution in [0.4, 0.5) is 0 Å². The van der Waals surface area contributed by atoms with Gasteiger partial charge in [0.25, 0.3) is 6.01 Å². The molecule has 1 aromatic heterocycles. The SMILES string of the molecule is COc1ncc(CCN)[nH]1. The third-order valence-electron chi connectivity index (χ3n) is 1.21. The zero-order valence-corrected chi connectivity index (χ0v) is 5.92. The molecule has 0 aliphatic heterocycles. The van der Waals surface area contributed by atoms with Gasteiger partial charge >= 0.3 is 0 Å². The summed E-state index contributed by atoms with van der Waals surface area (Å²) in [6.07, 6.45) is 2.54. The number of hydrogen-bond donors (Lipinski definition) is 2. The Balaban J connectivity index is 2.59. The Morgan fingerprint density at radius 2 is 2.60 bits per heavy atom. The van der Waals surface area contributed by atoms with Crippen molar-refractivity contribution in [2.75, 3.05) is 13.7 Å². The van der Waals surface area contributed by atoms with Crippen LogP contribution in [0.15, 0.2) is 6.20 Å². The molecule has 0 aliphatic rings.